The predicted octanol–water partition coefficient (Wildman–Crippen LogP) is 2.42. The summed E-state index contributed by atoms with van der Waals surface area (Å²) in [7, 11) is 0. The molecule has 1 aromatic rings. The van der Waals surface area contributed by atoms with Crippen molar-refractivity contribution in [3.8, 4) is 0 Å². The first-order valence-corrected chi connectivity index (χ1v) is 7.36. The first-order chi connectivity index (χ1) is 9.60. The highest BCUT2D eigenvalue weighted by atomic mass is 16.4. The minimum Gasteiger partial charge on any atom is -0.409 e. The van der Waals surface area contributed by atoms with Crippen molar-refractivity contribution in [1.82, 2.24) is 4.90 Å². The van der Waals surface area contributed by atoms with Gasteiger partial charge in [0.15, 0.2) is 0 Å². The third-order valence-corrected chi connectivity index (χ3v) is 3.88. The molecule has 1 aliphatic rings. The molecule has 0 bridgehead atoms. The van der Waals surface area contributed by atoms with E-state index in [1.807, 2.05) is 0 Å². The smallest absolute Gasteiger partial charge is 0.140 e. The molecule has 2 rings (SSSR count). The number of amidine groups is 1. The van der Waals surface area contributed by atoms with Crippen LogP contribution in [0.1, 0.15) is 37.3 Å². The summed E-state index contributed by atoms with van der Waals surface area (Å²) in [5, 5.41) is 11.7. The van der Waals surface area contributed by atoms with Gasteiger partial charge in [0.1, 0.15) is 5.84 Å². The van der Waals surface area contributed by atoms with Crippen LogP contribution in [0.2, 0.25) is 0 Å². The molecule has 110 valence electrons. The molecular weight excluding hydrogens is 250 g/mol. The Hall–Kier alpha value is -1.55. The summed E-state index contributed by atoms with van der Waals surface area (Å²) in [6.07, 6.45) is 1.80. The van der Waals surface area contributed by atoms with Gasteiger partial charge in [-0.05, 0) is 23.5 Å². The van der Waals surface area contributed by atoms with Gasteiger partial charge in [-0.15, -0.1) is 0 Å². The van der Waals surface area contributed by atoms with Gasteiger partial charge in [-0.2, -0.15) is 0 Å². The number of nitrogens with two attached hydrogens (primary N) is 1. The van der Waals surface area contributed by atoms with Crippen LogP contribution >= 0.6 is 0 Å². The van der Waals surface area contributed by atoms with Crippen molar-refractivity contribution >= 4 is 5.84 Å². The molecule has 0 radical (unpaired) electrons. The van der Waals surface area contributed by atoms with Crippen LogP contribution in [0.15, 0.2) is 29.4 Å². The molecule has 0 saturated carbocycles. The Bertz CT molecular complexity index is 471. The standard InChI is InChI=1S/C16H25N3O/c1-12(2)10-19(8-7-16(17)18-20)11-14-9-13-5-3-4-6-15(13)14/h3-6,12,14,20H,7-11H2,1-2H3,(H2,17,18). The Balaban J connectivity index is 1.91. The Morgan fingerprint density at radius 1 is 1.45 bits per heavy atom. The maximum Gasteiger partial charge on any atom is 0.140 e. The van der Waals surface area contributed by atoms with Gasteiger partial charge in [-0.3, -0.25) is 0 Å². The quantitative estimate of drug-likeness (QED) is 0.348. The number of oxime groups is 1. The molecular formula is C16H25N3O. The Morgan fingerprint density at radius 2 is 2.20 bits per heavy atom. The fraction of sp³-hybridized carbons (Fsp3) is 0.562. The van der Waals surface area contributed by atoms with Crippen molar-refractivity contribution in [3.05, 3.63) is 35.4 Å². The lowest BCUT2D eigenvalue weighted by molar-refractivity contribution is 0.227. The van der Waals surface area contributed by atoms with E-state index in [0.29, 0.717) is 24.1 Å². The number of hydrogen-bond donors (Lipinski definition) is 2. The van der Waals surface area contributed by atoms with E-state index in [9.17, 15) is 0 Å². The van der Waals surface area contributed by atoms with E-state index in [1.54, 1.807) is 0 Å². The molecule has 0 spiro atoms. The van der Waals surface area contributed by atoms with Crippen LogP contribution in [0.25, 0.3) is 0 Å². The summed E-state index contributed by atoms with van der Waals surface area (Å²) in [4.78, 5) is 2.43. The van der Waals surface area contributed by atoms with Gasteiger partial charge in [0.05, 0.1) is 0 Å². The second-order valence-electron chi connectivity index (χ2n) is 6.09. The molecule has 0 aliphatic heterocycles. The lowest BCUT2D eigenvalue weighted by atomic mass is 9.77. The van der Waals surface area contributed by atoms with E-state index >= 15 is 0 Å². The molecule has 0 heterocycles. The molecule has 1 aromatic carbocycles. The molecule has 0 fully saturated rings. The number of hydrogen-bond acceptors (Lipinski definition) is 3. The van der Waals surface area contributed by atoms with E-state index < -0.39 is 0 Å². The van der Waals surface area contributed by atoms with Crippen LogP contribution in [0.5, 0.6) is 0 Å². The highest BCUT2D eigenvalue weighted by Gasteiger charge is 2.27. The van der Waals surface area contributed by atoms with Gasteiger partial charge in [-0.1, -0.05) is 43.3 Å². The summed E-state index contributed by atoms with van der Waals surface area (Å²) >= 11 is 0. The largest absolute Gasteiger partial charge is 0.409 e. The highest BCUT2D eigenvalue weighted by Crippen LogP contribution is 2.35. The van der Waals surface area contributed by atoms with Crippen LogP contribution in [-0.2, 0) is 6.42 Å². The Kier molecular flexibility index (Phi) is 5.01. The van der Waals surface area contributed by atoms with Gasteiger partial charge >= 0.3 is 0 Å². The van der Waals surface area contributed by atoms with Gasteiger partial charge in [0.2, 0.25) is 0 Å². The molecule has 4 heteroatoms. The first-order valence-electron chi connectivity index (χ1n) is 7.36. The van der Waals surface area contributed by atoms with Gasteiger partial charge in [0, 0.05) is 32.0 Å². The summed E-state index contributed by atoms with van der Waals surface area (Å²) in [6, 6.07) is 8.68. The van der Waals surface area contributed by atoms with E-state index in [-0.39, 0.29) is 0 Å². The molecule has 0 aromatic heterocycles. The van der Waals surface area contributed by atoms with Crippen molar-refractivity contribution in [3.63, 3.8) is 0 Å². The number of nitrogens with zero attached hydrogens (tertiary/aromatic N) is 2. The molecule has 1 aliphatic carbocycles. The molecule has 1 atom stereocenters. The zero-order chi connectivity index (χ0) is 14.5. The second kappa shape index (κ2) is 6.75. The van der Waals surface area contributed by atoms with Gasteiger partial charge in [-0.25, -0.2) is 0 Å². The van der Waals surface area contributed by atoms with E-state index in [2.05, 4.69) is 48.2 Å². The lowest BCUT2D eigenvalue weighted by Crippen LogP contribution is -2.37. The maximum atomic E-state index is 8.64. The summed E-state index contributed by atoms with van der Waals surface area (Å²) < 4.78 is 0. The third kappa shape index (κ3) is 3.73. The van der Waals surface area contributed by atoms with Crippen LogP contribution in [-0.4, -0.2) is 35.6 Å². The minimum absolute atomic E-state index is 0.313. The monoisotopic (exact) mass is 275 g/mol. The molecule has 20 heavy (non-hydrogen) atoms. The fourth-order valence-electron chi connectivity index (χ4n) is 2.93. The van der Waals surface area contributed by atoms with E-state index in [4.69, 9.17) is 10.9 Å². The normalized spacial score (nSPS) is 18.2. The molecule has 4 nitrogen and oxygen atoms in total. The predicted molar refractivity (Wildman–Crippen MR) is 82.2 cm³/mol. The Morgan fingerprint density at radius 3 is 2.85 bits per heavy atom. The first kappa shape index (κ1) is 14.9. The number of rotatable bonds is 7. The van der Waals surface area contributed by atoms with Crippen molar-refractivity contribution in [2.24, 2.45) is 16.8 Å². The summed E-state index contributed by atoms with van der Waals surface area (Å²) in [6.45, 7) is 7.43. The minimum atomic E-state index is 0.313. The summed E-state index contributed by atoms with van der Waals surface area (Å²) in [5.74, 6) is 1.57. The van der Waals surface area contributed by atoms with Crippen LogP contribution in [0, 0.1) is 5.92 Å². The Labute approximate surface area is 121 Å². The number of fused-ring (bicyclic) bond motifs is 1. The third-order valence-electron chi connectivity index (χ3n) is 3.88. The van der Waals surface area contributed by atoms with Crippen molar-refractivity contribution in [2.45, 2.75) is 32.6 Å². The second-order valence-corrected chi connectivity index (χ2v) is 6.09. The maximum absolute atomic E-state index is 8.64. The average Bonchev–Trinajstić information content (AvgIpc) is 2.40. The zero-order valence-corrected chi connectivity index (χ0v) is 12.4. The van der Waals surface area contributed by atoms with Gasteiger partial charge < -0.3 is 15.8 Å². The van der Waals surface area contributed by atoms with Crippen molar-refractivity contribution < 1.29 is 5.21 Å². The fourth-order valence-corrected chi connectivity index (χ4v) is 2.93. The summed E-state index contributed by atoms with van der Waals surface area (Å²) in [5.41, 5.74) is 8.55. The van der Waals surface area contributed by atoms with Gasteiger partial charge in [0.25, 0.3) is 0 Å². The molecule has 3 N–H and O–H groups in total. The van der Waals surface area contributed by atoms with Crippen LogP contribution < -0.4 is 5.73 Å². The lowest BCUT2D eigenvalue weighted by Gasteiger charge is -2.35. The van der Waals surface area contributed by atoms with Crippen molar-refractivity contribution in [1.29, 1.82) is 0 Å². The topological polar surface area (TPSA) is 61.8 Å². The van der Waals surface area contributed by atoms with E-state index in [1.165, 1.54) is 17.5 Å². The zero-order valence-electron chi connectivity index (χ0n) is 12.4. The van der Waals surface area contributed by atoms with Crippen LogP contribution in [0.4, 0.5) is 0 Å². The van der Waals surface area contributed by atoms with Crippen molar-refractivity contribution in [2.75, 3.05) is 19.6 Å². The molecule has 0 saturated heterocycles. The number of benzene rings is 1. The molecule has 1 unspecified atom stereocenters. The van der Waals surface area contributed by atoms with Crippen LogP contribution in [0.3, 0.4) is 0 Å². The highest BCUT2D eigenvalue weighted by molar-refractivity contribution is 5.79. The van der Waals surface area contributed by atoms with E-state index in [0.717, 1.165) is 19.6 Å². The molecule has 0 amide bonds. The SMILES string of the molecule is CC(C)CN(CCC(N)=NO)CC1Cc2ccccc21. The average molecular weight is 275 g/mol.